The molecule has 0 bridgehead atoms. The van der Waals surface area contributed by atoms with Gasteiger partial charge in [-0.05, 0) is 46.8 Å². The molecule has 0 atom stereocenters. The van der Waals surface area contributed by atoms with Crippen molar-refractivity contribution in [2.24, 2.45) is 5.73 Å². The molecule has 1 aromatic rings. The zero-order valence-electron chi connectivity index (χ0n) is 9.58. The molecule has 0 aromatic heterocycles. The van der Waals surface area contributed by atoms with Crippen LogP contribution in [0.2, 0.25) is 0 Å². The Kier molecular flexibility index (Phi) is 7.50. The van der Waals surface area contributed by atoms with Gasteiger partial charge >= 0.3 is 0 Å². The Morgan fingerprint density at radius 1 is 1.20 bits per heavy atom. The van der Waals surface area contributed by atoms with Crippen LogP contribution in [0.5, 0.6) is 11.5 Å². The summed E-state index contributed by atoms with van der Waals surface area (Å²) in [5, 5.41) is 0. The Bertz CT molecular complexity index is 287. The lowest BCUT2D eigenvalue weighted by Gasteiger charge is -2.04. The highest BCUT2D eigenvalue weighted by Gasteiger charge is 1.99. The topological polar surface area (TPSA) is 44.5 Å². The average Bonchev–Trinajstić information content (AvgIpc) is 2.16. The van der Waals surface area contributed by atoms with Crippen molar-refractivity contribution in [2.45, 2.75) is 19.9 Å². The van der Waals surface area contributed by atoms with Crippen LogP contribution in [0.3, 0.4) is 0 Å². The Labute approximate surface area is 105 Å². The highest BCUT2D eigenvalue weighted by atomic mass is 127. The summed E-state index contributed by atoms with van der Waals surface area (Å²) in [6.07, 6.45) is 0. The van der Waals surface area contributed by atoms with Crippen molar-refractivity contribution in [3.8, 4) is 11.5 Å². The van der Waals surface area contributed by atoms with E-state index in [9.17, 15) is 0 Å². The quantitative estimate of drug-likeness (QED) is 0.851. The first-order valence-corrected chi connectivity index (χ1v) is 5.72. The van der Waals surface area contributed by atoms with Crippen LogP contribution >= 0.6 is 22.6 Å². The van der Waals surface area contributed by atoms with E-state index in [1.165, 1.54) is 0 Å². The molecule has 0 aliphatic heterocycles. The fourth-order valence-corrected chi connectivity index (χ4v) is 1.48. The second-order valence-electron chi connectivity index (χ2n) is 3.24. The third-order valence-corrected chi connectivity index (χ3v) is 2.20. The predicted molar refractivity (Wildman–Crippen MR) is 71.6 cm³/mol. The highest BCUT2D eigenvalue weighted by Crippen LogP contribution is 2.24. The molecule has 4 heteroatoms. The molecule has 2 N–H and O–H groups in total. The molecule has 1 aromatic carbocycles. The third-order valence-electron chi connectivity index (χ3n) is 1.36. The number of hydrogen-bond acceptors (Lipinski definition) is 3. The maximum Gasteiger partial charge on any atom is 0.132 e. The molecule has 1 rings (SSSR count). The lowest BCUT2D eigenvalue weighted by Crippen LogP contribution is -2.06. The van der Waals surface area contributed by atoms with Gasteiger partial charge in [0.05, 0.1) is 17.8 Å². The fraction of sp³-hybridized carbons (Fsp3) is 0.455. The standard InChI is InChI=1S/C8H9IO2.C3H9N/c1-10-6-3-4-8(11-2)7(9)5-6;1-3(2)4/h3-5H,1-2H3;3H,4H2,1-2H3. The summed E-state index contributed by atoms with van der Waals surface area (Å²) in [4.78, 5) is 0. The maximum atomic E-state index is 5.11. The van der Waals surface area contributed by atoms with Gasteiger partial charge in [0.25, 0.3) is 0 Å². The highest BCUT2D eigenvalue weighted by molar-refractivity contribution is 14.1. The van der Waals surface area contributed by atoms with E-state index >= 15 is 0 Å². The second kappa shape index (κ2) is 7.76. The van der Waals surface area contributed by atoms with E-state index in [4.69, 9.17) is 15.2 Å². The second-order valence-corrected chi connectivity index (χ2v) is 4.41. The van der Waals surface area contributed by atoms with Gasteiger partial charge in [-0.2, -0.15) is 0 Å². The number of benzene rings is 1. The van der Waals surface area contributed by atoms with Crippen molar-refractivity contribution < 1.29 is 9.47 Å². The first-order valence-electron chi connectivity index (χ1n) is 4.64. The number of halogens is 1. The van der Waals surface area contributed by atoms with Crippen molar-refractivity contribution in [3.05, 3.63) is 21.8 Å². The van der Waals surface area contributed by atoms with Gasteiger partial charge in [0, 0.05) is 0 Å². The van der Waals surface area contributed by atoms with Crippen molar-refractivity contribution in [2.75, 3.05) is 14.2 Å². The number of ether oxygens (including phenoxy) is 2. The minimum absolute atomic E-state index is 0.333. The van der Waals surface area contributed by atoms with E-state index in [0.29, 0.717) is 6.04 Å². The van der Waals surface area contributed by atoms with Crippen LogP contribution in [-0.2, 0) is 0 Å². The molecular weight excluding hydrogens is 305 g/mol. The van der Waals surface area contributed by atoms with Crippen molar-refractivity contribution in [1.82, 2.24) is 0 Å². The largest absolute Gasteiger partial charge is 0.497 e. The molecular formula is C11H18INO2. The van der Waals surface area contributed by atoms with Crippen LogP contribution in [-0.4, -0.2) is 20.3 Å². The van der Waals surface area contributed by atoms with Crippen molar-refractivity contribution >= 4 is 22.6 Å². The minimum Gasteiger partial charge on any atom is -0.497 e. The Hall–Kier alpha value is -0.490. The number of hydrogen-bond donors (Lipinski definition) is 1. The maximum absolute atomic E-state index is 5.11. The van der Waals surface area contributed by atoms with Gasteiger partial charge < -0.3 is 15.2 Å². The van der Waals surface area contributed by atoms with Crippen LogP contribution in [0.1, 0.15) is 13.8 Å². The smallest absolute Gasteiger partial charge is 0.132 e. The average molecular weight is 323 g/mol. The van der Waals surface area contributed by atoms with Crippen LogP contribution < -0.4 is 15.2 Å². The molecule has 0 aliphatic rings. The molecule has 0 spiro atoms. The van der Waals surface area contributed by atoms with Gasteiger partial charge in [-0.15, -0.1) is 0 Å². The van der Waals surface area contributed by atoms with Crippen LogP contribution in [0.25, 0.3) is 0 Å². The molecule has 3 nitrogen and oxygen atoms in total. The molecule has 0 heterocycles. The number of methoxy groups -OCH3 is 2. The van der Waals surface area contributed by atoms with Gasteiger partial charge in [0.15, 0.2) is 0 Å². The van der Waals surface area contributed by atoms with Gasteiger partial charge in [-0.1, -0.05) is 13.8 Å². The molecule has 0 radical (unpaired) electrons. The zero-order valence-corrected chi connectivity index (χ0v) is 11.7. The summed E-state index contributed by atoms with van der Waals surface area (Å²) in [5.41, 5.74) is 5.11. The normalized spacial score (nSPS) is 9.27. The van der Waals surface area contributed by atoms with Crippen LogP contribution in [0.15, 0.2) is 18.2 Å². The van der Waals surface area contributed by atoms with Crippen molar-refractivity contribution in [1.29, 1.82) is 0 Å². The minimum atomic E-state index is 0.333. The van der Waals surface area contributed by atoms with Gasteiger partial charge in [0.1, 0.15) is 11.5 Å². The van der Waals surface area contributed by atoms with Crippen LogP contribution in [0.4, 0.5) is 0 Å². The summed E-state index contributed by atoms with van der Waals surface area (Å²) in [7, 11) is 3.31. The molecule has 0 fully saturated rings. The molecule has 0 saturated carbocycles. The fourth-order valence-electron chi connectivity index (χ4n) is 0.774. The molecule has 0 aliphatic carbocycles. The number of nitrogens with two attached hydrogens (primary N) is 1. The van der Waals surface area contributed by atoms with E-state index in [1.807, 2.05) is 32.0 Å². The van der Waals surface area contributed by atoms with Gasteiger partial charge in [-0.25, -0.2) is 0 Å². The summed E-state index contributed by atoms with van der Waals surface area (Å²) < 4.78 is 11.2. The Balaban J connectivity index is 0.000000423. The van der Waals surface area contributed by atoms with E-state index in [2.05, 4.69) is 22.6 Å². The van der Waals surface area contributed by atoms with Gasteiger partial charge in [-0.3, -0.25) is 0 Å². The van der Waals surface area contributed by atoms with E-state index in [1.54, 1.807) is 14.2 Å². The van der Waals surface area contributed by atoms with E-state index in [-0.39, 0.29) is 0 Å². The molecule has 15 heavy (non-hydrogen) atoms. The zero-order chi connectivity index (χ0) is 11.8. The van der Waals surface area contributed by atoms with Crippen molar-refractivity contribution in [3.63, 3.8) is 0 Å². The first-order chi connectivity index (χ1) is 7.01. The summed E-state index contributed by atoms with van der Waals surface area (Å²) in [6, 6.07) is 6.03. The lowest BCUT2D eigenvalue weighted by molar-refractivity contribution is 0.400. The van der Waals surface area contributed by atoms with E-state index in [0.717, 1.165) is 15.1 Å². The third kappa shape index (κ3) is 6.57. The summed E-state index contributed by atoms with van der Waals surface area (Å²) in [6.45, 7) is 3.89. The Morgan fingerprint density at radius 3 is 2.07 bits per heavy atom. The molecule has 0 amide bonds. The molecule has 86 valence electrons. The SMILES string of the molecule is CC(C)N.COc1ccc(OC)c(I)c1. The van der Waals surface area contributed by atoms with E-state index < -0.39 is 0 Å². The predicted octanol–water partition coefficient (Wildman–Crippen LogP) is 2.66. The van der Waals surface area contributed by atoms with Gasteiger partial charge in [0.2, 0.25) is 0 Å². The number of rotatable bonds is 2. The lowest BCUT2D eigenvalue weighted by atomic mass is 10.3. The monoisotopic (exact) mass is 323 g/mol. The Morgan fingerprint density at radius 2 is 1.73 bits per heavy atom. The molecule has 0 unspecified atom stereocenters. The first kappa shape index (κ1) is 14.5. The molecule has 0 saturated heterocycles. The summed E-state index contributed by atoms with van der Waals surface area (Å²) in [5.74, 6) is 1.74. The van der Waals surface area contributed by atoms with Crippen LogP contribution in [0, 0.1) is 3.57 Å². The summed E-state index contributed by atoms with van der Waals surface area (Å²) >= 11 is 2.20.